The zero-order chi connectivity index (χ0) is 19.2. The summed E-state index contributed by atoms with van der Waals surface area (Å²) in [6.07, 6.45) is 1.35. The molecule has 0 bridgehead atoms. The van der Waals surface area contributed by atoms with E-state index in [0.717, 1.165) is 32.8 Å². The number of methoxy groups -OCH3 is 1. The SMILES string of the molecule is COC(=O)c1cnn(-c2ccc(C(=O)NCCN3CCOCC3)cc2)c1N. The molecule has 9 nitrogen and oxygen atoms in total. The minimum absolute atomic E-state index is 0.140. The average Bonchev–Trinajstić information content (AvgIpc) is 3.09. The highest BCUT2D eigenvalue weighted by atomic mass is 16.5. The zero-order valence-electron chi connectivity index (χ0n) is 15.2. The van der Waals surface area contributed by atoms with Gasteiger partial charge in [0.15, 0.2) is 0 Å². The van der Waals surface area contributed by atoms with Crippen LogP contribution in [-0.2, 0) is 9.47 Å². The Hall–Kier alpha value is -2.91. The van der Waals surface area contributed by atoms with E-state index in [4.69, 9.17) is 10.5 Å². The number of nitrogens with one attached hydrogen (secondary N) is 1. The summed E-state index contributed by atoms with van der Waals surface area (Å²) in [5.74, 6) is -0.502. The number of nitrogens with two attached hydrogens (primary N) is 1. The van der Waals surface area contributed by atoms with E-state index in [1.54, 1.807) is 24.3 Å². The number of carbonyl (C=O) groups is 2. The van der Waals surface area contributed by atoms with E-state index in [-0.39, 0.29) is 17.3 Å². The van der Waals surface area contributed by atoms with Gasteiger partial charge in [-0.05, 0) is 24.3 Å². The number of anilines is 1. The lowest BCUT2D eigenvalue weighted by atomic mass is 10.2. The molecule has 1 aromatic carbocycles. The molecule has 1 amide bonds. The first kappa shape index (κ1) is 18.9. The number of esters is 1. The largest absolute Gasteiger partial charge is 0.465 e. The summed E-state index contributed by atoms with van der Waals surface area (Å²) < 4.78 is 11.4. The molecule has 3 N–H and O–H groups in total. The summed E-state index contributed by atoms with van der Waals surface area (Å²) in [6, 6.07) is 6.83. The molecule has 1 fully saturated rings. The molecule has 3 rings (SSSR count). The van der Waals surface area contributed by atoms with Gasteiger partial charge in [0, 0.05) is 31.7 Å². The number of benzene rings is 1. The van der Waals surface area contributed by atoms with Crippen molar-refractivity contribution in [3.63, 3.8) is 0 Å². The molecule has 2 aromatic rings. The Morgan fingerprint density at radius 3 is 2.63 bits per heavy atom. The van der Waals surface area contributed by atoms with Crippen LogP contribution in [0.2, 0.25) is 0 Å². The lowest BCUT2D eigenvalue weighted by Crippen LogP contribution is -2.41. The van der Waals surface area contributed by atoms with Crippen LogP contribution in [0.15, 0.2) is 30.5 Å². The standard InChI is InChI=1S/C18H23N5O4/c1-26-18(25)15-12-21-23(16(15)19)14-4-2-13(3-5-14)17(24)20-6-7-22-8-10-27-11-9-22/h2-5,12H,6-11,19H2,1H3,(H,20,24). The van der Waals surface area contributed by atoms with Gasteiger partial charge in [0.1, 0.15) is 11.4 Å². The molecule has 0 radical (unpaired) electrons. The highest BCUT2D eigenvalue weighted by Gasteiger charge is 2.17. The summed E-state index contributed by atoms with van der Waals surface area (Å²) in [7, 11) is 1.28. The van der Waals surface area contributed by atoms with Gasteiger partial charge in [-0.15, -0.1) is 0 Å². The van der Waals surface area contributed by atoms with Crippen molar-refractivity contribution in [2.75, 3.05) is 52.2 Å². The van der Waals surface area contributed by atoms with Gasteiger partial charge >= 0.3 is 5.97 Å². The van der Waals surface area contributed by atoms with Gasteiger partial charge in [-0.1, -0.05) is 0 Å². The Labute approximate surface area is 157 Å². The van der Waals surface area contributed by atoms with Gasteiger partial charge < -0.3 is 20.5 Å². The van der Waals surface area contributed by atoms with Gasteiger partial charge in [-0.3, -0.25) is 9.69 Å². The summed E-state index contributed by atoms with van der Waals surface area (Å²) >= 11 is 0. The molecule has 1 aromatic heterocycles. The normalized spacial score (nSPS) is 14.7. The molecule has 0 aliphatic carbocycles. The van der Waals surface area contributed by atoms with Crippen molar-refractivity contribution < 1.29 is 19.1 Å². The molecule has 1 aliphatic rings. The molecule has 144 valence electrons. The summed E-state index contributed by atoms with van der Waals surface area (Å²) in [6.45, 7) is 4.64. The fourth-order valence-corrected chi connectivity index (χ4v) is 2.84. The molecule has 2 heterocycles. The molecule has 0 atom stereocenters. The van der Waals surface area contributed by atoms with E-state index in [1.807, 2.05) is 0 Å². The van der Waals surface area contributed by atoms with Gasteiger partial charge in [0.05, 0.1) is 32.2 Å². The monoisotopic (exact) mass is 373 g/mol. The third-order valence-electron chi connectivity index (χ3n) is 4.40. The topological polar surface area (TPSA) is 112 Å². The number of rotatable bonds is 6. The zero-order valence-corrected chi connectivity index (χ0v) is 15.2. The number of ether oxygens (including phenoxy) is 2. The van der Waals surface area contributed by atoms with Crippen LogP contribution in [0.5, 0.6) is 0 Å². The molecule has 0 unspecified atom stereocenters. The summed E-state index contributed by atoms with van der Waals surface area (Å²) in [5, 5.41) is 7.02. The fourth-order valence-electron chi connectivity index (χ4n) is 2.84. The van der Waals surface area contributed by atoms with Crippen LogP contribution in [0.3, 0.4) is 0 Å². The van der Waals surface area contributed by atoms with Crippen molar-refractivity contribution in [1.82, 2.24) is 20.0 Å². The summed E-state index contributed by atoms with van der Waals surface area (Å²) in [4.78, 5) is 26.1. The van der Waals surface area contributed by atoms with Crippen LogP contribution >= 0.6 is 0 Å². The molecule has 1 saturated heterocycles. The third-order valence-corrected chi connectivity index (χ3v) is 4.40. The van der Waals surface area contributed by atoms with Crippen LogP contribution in [-0.4, -0.2) is 73.1 Å². The van der Waals surface area contributed by atoms with Crippen LogP contribution in [0.1, 0.15) is 20.7 Å². The number of carbonyl (C=O) groups excluding carboxylic acids is 2. The minimum atomic E-state index is -0.546. The molecule has 27 heavy (non-hydrogen) atoms. The van der Waals surface area contributed by atoms with E-state index < -0.39 is 5.97 Å². The van der Waals surface area contributed by atoms with Gasteiger partial charge in [0.25, 0.3) is 5.91 Å². The average molecular weight is 373 g/mol. The Bertz CT molecular complexity index is 797. The highest BCUT2D eigenvalue weighted by Crippen LogP contribution is 2.18. The summed E-state index contributed by atoms with van der Waals surface area (Å²) in [5.41, 5.74) is 7.34. The second kappa shape index (κ2) is 8.65. The highest BCUT2D eigenvalue weighted by molar-refractivity contribution is 5.95. The Morgan fingerprint density at radius 2 is 1.96 bits per heavy atom. The van der Waals surface area contributed by atoms with Crippen molar-refractivity contribution >= 4 is 17.7 Å². The predicted molar refractivity (Wildman–Crippen MR) is 98.9 cm³/mol. The quantitative estimate of drug-likeness (QED) is 0.701. The number of aromatic nitrogens is 2. The first-order valence-corrected chi connectivity index (χ1v) is 8.70. The smallest absolute Gasteiger partial charge is 0.343 e. The molecule has 0 saturated carbocycles. The number of hydrogen-bond donors (Lipinski definition) is 2. The number of hydrogen-bond acceptors (Lipinski definition) is 7. The number of amides is 1. The van der Waals surface area contributed by atoms with E-state index in [2.05, 4.69) is 20.1 Å². The first-order chi connectivity index (χ1) is 13.1. The second-order valence-electron chi connectivity index (χ2n) is 6.10. The van der Waals surface area contributed by atoms with Crippen LogP contribution in [0, 0.1) is 0 Å². The minimum Gasteiger partial charge on any atom is -0.465 e. The molecular weight excluding hydrogens is 350 g/mol. The molecule has 0 spiro atoms. The number of nitrogens with zero attached hydrogens (tertiary/aromatic N) is 3. The van der Waals surface area contributed by atoms with Gasteiger partial charge in [-0.2, -0.15) is 5.10 Å². The Balaban J connectivity index is 1.59. The van der Waals surface area contributed by atoms with E-state index in [0.29, 0.717) is 17.8 Å². The lowest BCUT2D eigenvalue weighted by Gasteiger charge is -2.26. The predicted octanol–water partition coefficient (Wildman–Crippen LogP) is 0.303. The van der Waals surface area contributed by atoms with E-state index >= 15 is 0 Å². The van der Waals surface area contributed by atoms with Crippen molar-refractivity contribution in [2.45, 2.75) is 0 Å². The molecular formula is C18H23N5O4. The Morgan fingerprint density at radius 1 is 1.26 bits per heavy atom. The maximum absolute atomic E-state index is 12.3. The van der Waals surface area contributed by atoms with Crippen LogP contribution in [0.4, 0.5) is 5.82 Å². The van der Waals surface area contributed by atoms with Crippen molar-refractivity contribution in [3.05, 3.63) is 41.6 Å². The van der Waals surface area contributed by atoms with Gasteiger partial charge in [0.2, 0.25) is 0 Å². The van der Waals surface area contributed by atoms with Crippen molar-refractivity contribution in [2.24, 2.45) is 0 Å². The van der Waals surface area contributed by atoms with E-state index in [9.17, 15) is 9.59 Å². The van der Waals surface area contributed by atoms with Crippen LogP contribution in [0.25, 0.3) is 5.69 Å². The van der Waals surface area contributed by atoms with Crippen LogP contribution < -0.4 is 11.1 Å². The maximum atomic E-state index is 12.3. The maximum Gasteiger partial charge on any atom is 0.343 e. The second-order valence-corrected chi connectivity index (χ2v) is 6.10. The lowest BCUT2D eigenvalue weighted by molar-refractivity contribution is 0.0383. The van der Waals surface area contributed by atoms with E-state index in [1.165, 1.54) is 18.0 Å². The third kappa shape index (κ3) is 4.44. The number of nitrogen functional groups attached to an aromatic ring is 1. The molecule has 9 heteroatoms. The van der Waals surface area contributed by atoms with Crippen molar-refractivity contribution in [1.29, 1.82) is 0 Å². The fraction of sp³-hybridized carbons (Fsp3) is 0.389. The molecule has 1 aliphatic heterocycles. The first-order valence-electron chi connectivity index (χ1n) is 8.70. The van der Waals surface area contributed by atoms with Gasteiger partial charge in [-0.25, -0.2) is 9.48 Å². The number of morpholine rings is 1. The Kier molecular flexibility index (Phi) is 6.05. The van der Waals surface area contributed by atoms with Crippen molar-refractivity contribution in [3.8, 4) is 5.69 Å².